The predicted octanol–water partition coefficient (Wildman–Crippen LogP) is 6.53. The number of urea groups is 1. The van der Waals surface area contributed by atoms with Crippen molar-refractivity contribution in [2.75, 3.05) is 25.1 Å². The molecule has 2 N–H and O–H groups in total. The quantitative estimate of drug-likeness (QED) is 0.315. The number of hydrogen-bond donors (Lipinski definition) is 2. The molecule has 5 heteroatoms. The van der Waals surface area contributed by atoms with Gasteiger partial charge in [0.05, 0.1) is 18.9 Å². The van der Waals surface area contributed by atoms with Gasteiger partial charge in [0.15, 0.2) is 0 Å². The van der Waals surface area contributed by atoms with E-state index in [1.165, 1.54) is 57.8 Å². The molecule has 0 saturated heterocycles. The third-order valence-corrected chi connectivity index (χ3v) is 4.63. The first-order valence-corrected chi connectivity index (χ1v) is 11.2. The number of anilines is 1. The largest absolute Gasteiger partial charge is 0.494 e. The molecule has 0 radical (unpaired) electrons. The second-order valence-electron chi connectivity index (χ2n) is 7.09. The van der Waals surface area contributed by atoms with Gasteiger partial charge < -0.3 is 20.1 Å². The normalized spacial score (nSPS) is 10.5. The van der Waals surface area contributed by atoms with E-state index in [1.807, 2.05) is 26.0 Å². The molecule has 0 unspecified atom stereocenters. The summed E-state index contributed by atoms with van der Waals surface area (Å²) in [5, 5.41) is 5.81. The summed E-state index contributed by atoms with van der Waals surface area (Å²) in [6, 6.07) is 5.27. The van der Waals surface area contributed by atoms with Crippen LogP contribution in [0.25, 0.3) is 0 Å². The monoisotopic (exact) mass is 392 g/mol. The molecule has 2 amide bonds. The maximum atomic E-state index is 12.2. The summed E-state index contributed by atoms with van der Waals surface area (Å²) in [5.74, 6) is 1.37. The van der Waals surface area contributed by atoms with Crippen LogP contribution in [0.1, 0.15) is 85.0 Å². The van der Waals surface area contributed by atoms with E-state index < -0.39 is 0 Å². The molecule has 1 aromatic carbocycles. The van der Waals surface area contributed by atoms with Crippen molar-refractivity contribution < 1.29 is 14.3 Å². The van der Waals surface area contributed by atoms with Crippen molar-refractivity contribution in [3.8, 4) is 11.5 Å². The van der Waals surface area contributed by atoms with E-state index in [1.54, 1.807) is 6.07 Å². The molecule has 0 heterocycles. The smallest absolute Gasteiger partial charge is 0.319 e. The fourth-order valence-corrected chi connectivity index (χ4v) is 3.13. The average molecular weight is 393 g/mol. The first-order chi connectivity index (χ1) is 13.7. The zero-order chi connectivity index (χ0) is 20.5. The number of carbonyl (C=O) groups excluding carboxylic acids is 1. The highest BCUT2D eigenvalue weighted by molar-refractivity contribution is 5.91. The van der Waals surface area contributed by atoms with Crippen molar-refractivity contribution in [3.05, 3.63) is 18.2 Å². The van der Waals surface area contributed by atoms with Crippen LogP contribution >= 0.6 is 0 Å². The molecule has 160 valence electrons. The maximum absolute atomic E-state index is 12.2. The summed E-state index contributed by atoms with van der Waals surface area (Å²) < 4.78 is 11.1. The molecule has 0 bridgehead atoms. The summed E-state index contributed by atoms with van der Waals surface area (Å²) >= 11 is 0. The number of unbranched alkanes of at least 4 members (excludes halogenated alkanes) is 9. The first kappa shape index (κ1) is 24.1. The molecule has 0 fully saturated rings. The van der Waals surface area contributed by atoms with Gasteiger partial charge in [0.1, 0.15) is 11.5 Å². The summed E-state index contributed by atoms with van der Waals surface area (Å²) in [4.78, 5) is 12.2. The van der Waals surface area contributed by atoms with Crippen molar-refractivity contribution in [3.63, 3.8) is 0 Å². The van der Waals surface area contributed by atoms with Gasteiger partial charge in [-0.3, -0.25) is 0 Å². The van der Waals surface area contributed by atoms with E-state index in [0.29, 0.717) is 31.2 Å². The van der Waals surface area contributed by atoms with Gasteiger partial charge in [-0.15, -0.1) is 0 Å². The Kier molecular flexibility index (Phi) is 13.9. The van der Waals surface area contributed by atoms with E-state index in [2.05, 4.69) is 17.6 Å². The minimum Gasteiger partial charge on any atom is -0.494 e. The Hall–Kier alpha value is -1.91. The number of rotatable bonds is 16. The molecule has 0 aliphatic rings. The van der Waals surface area contributed by atoms with E-state index in [4.69, 9.17) is 9.47 Å². The molecule has 5 nitrogen and oxygen atoms in total. The summed E-state index contributed by atoms with van der Waals surface area (Å²) in [6.07, 6.45) is 12.9. The highest BCUT2D eigenvalue weighted by Gasteiger charge is 2.09. The Balaban J connectivity index is 2.20. The lowest BCUT2D eigenvalue weighted by Gasteiger charge is -2.14. The van der Waals surface area contributed by atoms with E-state index >= 15 is 0 Å². The molecule has 0 aromatic heterocycles. The van der Waals surface area contributed by atoms with E-state index in [-0.39, 0.29) is 6.03 Å². The Morgan fingerprint density at radius 1 is 0.821 bits per heavy atom. The molecule has 1 rings (SSSR count). The summed E-state index contributed by atoms with van der Waals surface area (Å²) in [5.41, 5.74) is 0.633. The van der Waals surface area contributed by atoms with Crippen molar-refractivity contribution in [2.45, 2.75) is 85.0 Å². The Labute approximate surface area is 171 Å². The van der Waals surface area contributed by atoms with Crippen LogP contribution in [0.5, 0.6) is 11.5 Å². The molecule has 0 spiro atoms. The molecule has 0 atom stereocenters. The van der Waals surface area contributed by atoms with E-state index in [0.717, 1.165) is 12.2 Å². The van der Waals surface area contributed by atoms with Gasteiger partial charge in [-0.25, -0.2) is 4.79 Å². The SMILES string of the molecule is CCCCCCCCCCCCNC(=O)Nc1cc(OCC)ccc1OCC. The van der Waals surface area contributed by atoms with Gasteiger partial charge in [-0.1, -0.05) is 64.7 Å². The average Bonchev–Trinajstić information content (AvgIpc) is 2.68. The standard InChI is InChI=1S/C23H40N2O3/c1-4-7-8-9-10-11-12-13-14-15-18-24-23(26)25-21-19-20(27-5-2)16-17-22(21)28-6-3/h16-17,19H,4-15,18H2,1-3H3,(H2,24,25,26). The number of nitrogens with one attached hydrogen (secondary N) is 2. The molecular formula is C23H40N2O3. The van der Waals surface area contributed by atoms with Crippen LogP contribution in [0, 0.1) is 0 Å². The maximum Gasteiger partial charge on any atom is 0.319 e. The van der Waals surface area contributed by atoms with Crippen molar-refractivity contribution >= 4 is 11.7 Å². The second-order valence-corrected chi connectivity index (χ2v) is 7.09. The van der Waals surface area contributed by atoms with Crippen LogP contribution in [-0.2, 0) is 0 Å². The Bertz CT molecular complexity index is 535. The number of carbonyl (C=O) groups is 1. The van der Waals surface area contributed by atoms with Crippen LogP contribution in [0.15, 0.2) is 18.2 Å². The van der Waals surface area contributed by atoms with Crippen molar-refractivity contribution in [1.29, 1.82) is 0 Å². The second kappa shape index (κ2) is 16.1. The van der Waals surface area contributed by atoms with Crippen LogP contribution in [0.3, 0.4) is 0 Å². The highest BCUT2D eigenvalue weighted by Crippen LogP contribution is 2.29. The lowest BCUT2D eigenvalue weighted by Crippen LogP contribution is -2.29. The first-order valence-electron chi connectivity index (χ1n) is 11.2. The van der Waals surface area contributed by atoms with Gasteiger partial charge in [-0.2, -0.15) is 0 Å². The van der Waals surface area contributed by atoms with Crippen molar-refractivity contribution in [1.82, 2.24) is 5.32 Å². The lowest BCUT2D eigenvalue weighted by molar-refractivity contribution is 0.251. The summed E-state index contributed by atoms with van der Waals surface area (Å²) in [7, 11) is 0. The van der Waals surface area contributed by atoms with Gasteiger partial charge >= 0.3 is 6.03 Å². The van der Waals surface area contributed by atoms with Crippen LogP contribution in [0.4, 0.5) is 10.5 Å². The minimum absolute atomic E-state index is 0.203. The fraction of sp³-hybridized carbons (Fsp3) is 0.696. The van der Waals surface area contributed by atoms with Crippen molar-refractivity contribution in [2.24, 2.45) is 0 Å². The predicted molar refractivity (Wildman–Crippen MR) is 118 cm³/mol. The number of ether oxygens (including phenoxy) is 2. The molecule has 0 aliphatic carbocycles. The molecule has 28 heavy (non-hydrogen) atoms. The molecular weight excluding hydrogens is 352 g/mol. The zero-order valence-corrected chi connectivity index (χ0v) is 18.1. The highest BCUT2D eigenvalue weighted by atomic mass is 16.5. The van der Waals surface area contributed by atoms with Crippen LogP contribution < -0.4 is 20.1 Å². The Morgan fingerprint density at radius 3 is 2.04 bits per heavy atom. The molecule has 0 aliphatic heterocycles. The van der Waals surface area contributed by atoms with Gasteiger partial charge in [0.2, 0.25) is 0 Å². The third kappa shape index (κ3) is 11.1. The van der Waals surface area contributed by atoms with E-state index in [9.17, 15) is 4.79 Å². The lowest BCUT2D eigenvalue weighted by atomic mass is 10.1. The number of hydrogen-bond acceptors (Lipinski definition) is 3. The third-order valence-electron chi connectivity index (χ3n) is 4.63. The topological polar surface area (TPSA) is 59.6 Å². The van der Waals surface area contributed by atoms with Gasteiger partial charge in [0, 0.05) is 12.6 Å². The summed E-state index contributed by atoms with van der Waals surface area (Å²) in [6.45, 7) is 7.93. The number of benzene rings is 1. The molecule has 0 saturated carbocycles. The Morgan fingerprint density at radius 2 is 1.43 bits per heavy atom. The van der Waals surface area contributed by atoms with Crippen LogP contribution in [0.2, 0.25) is 0 Å². The fourth-order valence-electron chi connectivity index (χ4n) is 3.13. The van der Waals surface area contributed by atoms with Gasteiger partial charge in [-0.05, 0) is 32.4 Å². The van der Waals surface area contributed by atoms with Crippen LogP contribution in [-0.4, -0.2) is 25.8 Å². The zero-order valence-electron chi connectivity index (χ0n) is 18.1. The number of amides is 2. The molecule has 1 aromatic rings. The van der Waals surface area contributed by atoms with Gasteiger partial charge in [0.25, 0.3) is 0 Å². The minimum atomic E-state index is -0.203.